The van der Waals surface area contributed by atoms with Gasteiger partial charge in [-0.25, -0.2) is 9.59 Å². The van der Waals surface area contributed by atoms with Crippen molar-refractivity contribution in [2.24, 2.45) is 0 Å². The third-order valence-electron chi connectivity index (χ3n) is 3.66. The number of nitrogens with one attached hydrogen (secondary N) is 1. The number of carbonyl (C=O) groups excluding carboxylic acids is 3. The molecule has 1 heterocycles. The van der Waals surface area contributed by atoms with Crippen molar-refractivity contribution in [1.82, 2.24) is 0 Å². The van der Waals surface area contributed by atoms with E-state index in [1.54, 1.807) is 36.6 Å². The number of rotatable bonds is 5. The Hall–Kier alpha value is -3.55. The fourth-order valence-corrected chi connectivity index (χ4v) is 2.50. The average molecular weight is 372 g/mol. The summed E-state index contributed by atoms with van der Waals surface area (Å²) in [5.74, 6) is -1.24. The van der Waals surface area contributed by atoms with Gasteiger partial charge in [0.1, 0.15) is 11.4 Å². The molecule has 0 saturated carbocycles. The molecule has 1 N–H and O–H groups in total. The van der Waals surface area contributed by atoms with Gasteiger partial charge in [-0.1, -0.05) is 6.08 Å². The first kappa shape index (κ1) is 19.8. The SMILES string of the molecule is COC(=O)C1=C(C(=O)OC)N(c2ccc(OC)c(NC(C)=O)c2)C=CC=C1. The number of anilines is 2. The van der Waals surface area contributed by atoms with Crippen molar-refractivity contribution in [1.29, 1.82) is 0 Å². The summed E-state index contributed by atoms with van der Waals surface area (Å²) in [5.41, 5.74) is 0.929. The minimum atomic E-state index is -0.719. The highest BCUT2D eigenvalue weighted by atomic mass is 16.5. The van der Waals surface area contributed by atoms with Gasteiger partial charge in [-0.15, -0.1) is 0 Å². The van der Waals surface area contributed by atoms with Gasteiger partial charge in [-0.05, 0) is 30.4 Å². The normalized spacial score (nSPS) is 13.1. The van der Waals surface area contributed by atoms with Gasteiger partial charge in [0.2, 0.25) is 5.91 Å². The topological polar surface area (TPSA) is 94.2 Å². The van der Waals surface area contributed by atoms with E-state index in [0.717, 1.165) is 0 Å². The van der Waals surface area contributed by atoms with E-state index in [4.69, 9.17) is 14.2 Å². The molecule has 8 nitrogen and oxygen atoms in total. The Kier molecular flexibility index (Phi) is 6.37. The van der Waals surface area contributed by atoms with Crippen LogP contribution in [0.1, 0.15) is 6.92 Å². The lowest BCUT2D eigenvalue weighted by Crippen LogP contribution is -2.27. The molecule has 142 valence electrons. The number of methoxy groups -OCH3 is 3. The van der Waals surface area contributed by atoms with Gasteiger partial charge in [0.05, 0.1) is 32.6 Å². The van der Waals surface area contributed by atoms with Crippen LogP contribution in [-0.4, -0.2) is 39.2 Å². The Balaban J connectivity index is 2.65. The molecule has 1 amide bonds. The first-order valence-corrected chi connectivity index (χ1v) is 7.93. The lowest BCUT2D eigenvalue weighted by molar-refractivity contribution is -0.139. The van der Waals surface area contributed by atoms with E-state index in [0.29, 0.717) is 17.1 Å². The fourth-order valence-electron chi connectivity index (χ4n) is 2.50. The molecule has 0 atom stereocenters. The fraction of sp³-hybridized carbons (Fsp3) is 0.211. The molecule has 1 aromatic carbocycles. The number of carbonyl (C=O) groups is 3. The maximum absolute atomic E-state index is 12.4. The van der Waals surface area contributed by atoms with Crippen molar-refractivity contribution in [2.75, 3.05) is 31.5 Å². The second-order valence-electron chi connectivity index (χ2n) is 5.38. The lowest BCUT2D eigenvalue weighted by atomic mass is 10.1. The summed E-state index contributed by atoms with van der Waals surface area (Å²) in [6.45, 7) is 1.37. The van der Waals surface area contributed by atoms with Gasteiger partial charge in [-0.3, -0.25) is 4.79 Å². The molecule has 0 bridgehead atoms. The predicted molar refractivity (Wildman–Crippen MR) is 99.1 cm³/mol. The van der Waals surface area contributed by atoms with E-state index in [1.165, 1.54) is 39.2 Å². The summed E-state index contributed by atoms with van der Waals surface area (Å²) in [6.07, 6.45) is 6.32. The molecule has 1 aliphatic rings. The molecule has 0 saturated heterocycles. The zero-order chi connectivity index (χ0) is 20.0. The minimum Gasteiger partial charge on any atom is -0.495 e. The summed E-state index contributed by atoms with van der Waals surface area (Å²) in [5, 5.41) is 2.67. The first-order chi connectivity index (χ1) is 12.9. The number of esters is 2. The van der Waals surface area contributed by atoms with E-state index >= 15 is 0 Å². The minimum absolute atomic E-state index is 0.0201. The molecule has 1 aliphatic heterocycles. The third kappa shape index (κ3) is 4.35. The van der Waals surface area contributed by atoms with Crippen molar-refractivity contribution < 1.29 is 28.6 Å². The van der Waals surface area contributed by atoms with Crippen LogP contribution in [0, 0.1) is 0 Å². The Bertz CT molecular complexity index is 854. The van der Waals surface area contributed by atoms with Crippen LogP contribution in [0.4, 0.5) is 11.4 Å². The van der Waals surface area contributed by atoms with Gasteiger partial charge in [0.25, 0.3) is 0 Å². The van der Waals surface area contributed by atoms with Crippen molar-refractivity contribution in [3.63, 3.8) is 0 Å². The second kappa shape index (κ2) is 8.70. The quantitative estimate of drug-likeness (QED) is 0.792. The van der Waals surface area contributed by atoms with Crippen molar-refractivity contribution in [3.8, 4) is 5.75 Å². The van der Waals surface area contributed by atoms with E-state index in [9.17, 15) is 14.4 Å². The molecule has 8 heteroatoms. The Morgan fingerprint density at radius 3 is 2.30 bits per heavy atom. The predicted octanol–water partition coefficient (Wildman–Crippen LogP) is 2.14. The lowest BCUT2D eigenvalue weighted by Gasteiger charge is -2.24. The summed E-state index contributed by atoms with van der Waals surface area (Å²) < 4.78 is 14.9. The summed E-state index contributed by atoms with van der Waals surface area (Å²) in [4.78, 5) is 37.5. The highest BCUT2D eigenvalue weighted by Crippen LogP contribution is 2.33. The van der Waals surface area contributed by atoms with Crippen molar-refractivity contribution >= 4 is 29.2 Å². The van der Waals surface area contributed by atoms with Crippen molar-refractivity contribution in [3.05, 3.63) is 53.9 Å². The van der Waals surface area contributed by atoms with Crippen LogP contribution in [0.25, 0.3) is 0 Å². The Morgan fingerprint density at radius 1 is 1.00 bits per heavy atom. The molecule has 27 heavy (non-hydrogen) atoms. The zero-order valence-corrected chi connectivity index (χ0v) is 15.4. The summed E-state index contributed by atoms with van der Waals surface area (Å²) in [6, 6.07) is 4.94. The maximum Gasteiger partial charge on any atom is 0.355 e. The number of allylic oxidation sites excluding steroid dienone is 2. The smallest absolute Gasteiger partial charge is 0.355 e. The molecule has 1 aromatic rings. The highest BCUT2D eigenvalue weighted by Gasteiger charge is 2.27. The molecule has 0 radical (unpaired) electrons. The number of nitrogens with zero attached hydrogens (tertiary/aromatic N) is 1. The second-order valence-corrected chi connectivity index (χ2v) is 5.38. The number of hydrogen-bond acceptors (Lipinski definition) is 7. The Morgan fingerprint density at radius 2 is 1.70 bits per heavy atom. The summed E-state index contributed by atoms with van der Waals surface area (Å²) >= 11 is 0. The summed E-state index contributed by atoms with van der Waals surface area (Å²) in [7, 11) is 3.92. The van der Waals surface area contributed by atoms with Crippen molar-refractivity contribution in [2.45, 2.75) is 6.92 Å². The first-order valence-electron chi connectivity index (χ1n) is 7.93. The van der Waals surface area contributed by atoms with Gasteiger partial charge in [0.15, 0.2) is 0 Å². The molecular formula is C19H20N2O6. The molecule has 0 fully saturated rings. The van der Waals surface area contributed by atoms with Crippen LogP contribution in [-0.2, 0) is 23.9 Å². The molecule has 0 spiro atoms. The maximum atomic E-state index is 12.4. The third-order valence-corrected chi connectivity index (χ3v) is 3.66. The number of benzene rings is 1. The molecular weight excluding hydrogens is 352 g/mol. The van der Waals surface area contributed by atoms with Gasteiger partial charge < -0.3 is 24.4 Å². The molecule has 0 unspecified atom stereocenters. The molecule has 2 rings (SSSR count). The van der Waals surface area contributed by atoms with Crippen LogP contribution in [0.2, 0.25) is 0 Å². The largest absolute Gasteiger partial charge is 0.495 e. The Labute approximate surface area is 156 Å². The molecule has 0 aliphatic carbocycles. The zero-order valence-electron chi connectivity index (χ0n) is 15.4. The monoisotopic (exact) mass is 372 g/mol. The standard InChI is InChI=1S/C19H20N2O6/c1-12(22)20-15-11-13(8-9-16(15)25-2)21-10-6-5-7-14(18(23)26-3)17(21)19(24)27-4/h5-11H,1-4H3,(H,20,22). The van der Waals surface area contributed by atoms with Gasteiger partial charge in [-0.2, -0.15) is 0 Å². The van der Waals surface area contributed by atoms with Gasteiger partial charge in [0, 0.05) is 18.8 Å². The van der Waals surface area contributed by atoms with E-state index in [1.807, 2.05) is 0 Å². The van der Waals surface area contributed by atoms with Crippen LogP contribution >= 0.6 is 0 Å². The van der Waals surface area contributed by atoms with Crippen LogP contribution in [0.3, 0.4) is 0 Å². The van der Waals surface area contributed by atoms with Gasteiger partial charge >= 0.3 is 11.9 Å². The van der Waals surface area contributed by atoms with Crippen LogP contribution < -0.4 is 15.0 Å². The van der Waals surface area contributed by atoms with E-state index in [2.05, 4.69) is 5.32 Å². The van der Waals surface area contributed by atoms with Crippen LogP contribution in [0.15, 0.2) is 53.9 Å². The average Bonchev–Trinajstić information content (AvgIpc) is 2.89. The number of hydrogen-bond donors (Lipinski definition) is 1. The highest BCUT2D eigenvalue weighted by molar-refractivity contribution is 6.05. The van der Waals surface area contributed by atoms with E-state index < -0.39 is 11.9 Å². The molecule has 0 aromatic heterocycles. The number of amides is 1. The van der Waals surface area contributed by atoms with Crippen LogP contribution in [0.5, 0.6) is 5.75 Å². The van der Waals surface area contributed by atoms with E-state index in [-0.39, 0.29) is 17.2 Å². The number of ether oxygens (including phenoxy) is 3.